The van der Waals surface area contributed by atoms with E-state index in [9.17, 15) is 19.2 Å². The molecule has 13 nitrogen and oxygen atoms in total. The van der Waals surface area contributed by atoms with Gasteiger partial charge >= 0.3 is 12.1 Å². The Hall–Kier alpha value is -2.58. The van der Waals surface area contributed by atoms with Crippen LogP contribution >= 0.6 is 0 Å². The Kier molecular flexibility index (Phi) is 16.3. The van der Waals surface area contributed by atoms with Crippen LogP contribution < -0.4 is 0 Å². The van der Waals surface area contributed by atoms with Gasteiger partial charge in [0.25, 0.3) is 11.8 Å². The molecule has 1 saturated heterocycles. The van der Waals surface area contributed by atoms with Gasteiger partial charge in [-0.2, -0.15) is 0 Å². The van der Waals surface area contributed by atoms with Gasteiger partial charge in [-0.15, -0.1) is 0 Å². The summed E-state index contributed by atoms with van der Waals surface area (Å²) in [6.07, 6.45) is -1.11. The number of imide groups is 1. The van der Waals surface area contributed by atoms with Crippen molar-refractivity contribution in [3.8, 4) is 0 Å². The molecule has 13 heteroatoms. The topological polar surface area (TPSA) is 145 Å². The number of esters is 1. The van der Waals surface area contributed by atoms with Crippen molar-refractivity contribution in [3.63, 3.8) is 0 Å². The molecule has 194 valence electrons. The van der Waals surface area contributed by atoms with E-state index in [1.54, 1.807) is 6.92 Å². The second-order valence-corrected chi connectivity index (χ2v) is 6.75. The monoisotopic (exact) mass is 491 g/mol. The van der Waals surface area contributed by atoms with E-state index < -0.39 is 23.9 Å². The van der Waals surface area contributed by atoms with Crippen molar-refractivity contribution in [2.75, 3.05) is 79.3 Å². The third kappa shape index (κ3) is 14.5. The summed E-state index contributed by atoms with van der Waals surface area (Å²) in [4.78, 5) is 49.6. The van der Waals surface area contributed by atoms with E-state index in [1.165, 1.54) is 0 Å². The summed E-state index contributed by atoms with van der Waals surface area (Å²) in [6.45, 7) is 8.57. The van der Waals surface area contributed by atoms with E-state index in [4.69, 9.17) is 33.2 Å². The molecule has 1 aliphatic heterocycles. The molecule has 0 aliphatic carbocycles. The number of amides is 2. The zero-order valence-electron chi connectivity index (χ0n) is 19.5. The number of rotatable bonds is 20. The van der Waals surface area contributed by atoms with Crippen LogP contribution in [0, 0.1) is 0 Å². The summed E-state index contributed by atoms with van der Waals surface area (Å²) in [7, 11) is 0. The predicted molar refractivity (Wildman–Crippen MR) is 113 cm³/mol. The lowest BCUT2D eigenvalue weighted by molar-refractivity contribution is -0.177. The van der Waals surface area contributed by atoms with Crippen LogP contribution in [-0.4, -0.2) is 108 Å². The maximum absolute atomic E-state index is 11.4. The van der Waals surface area contributed by atoms with Crippen molar-refractivity contribution in [1.82, 2.24) is 5.06 Å². The number of hydrogen-bond donors (Lipinski definition) is 0. The Morgan fingerprint density at radius 2 is 1.03 bits per heavy atom. The number of carbonyl (C=O) groups is 4. The van der Waals surface area contributed by atoms with Gasteiger partial charge in [-0.1, -0.05) is 11.6 Å². The number of ether oxygens (including phenoxy) is 7. The Morgan fingerprint density at radius 3 is 1.41 bits per heavy atom. The van der Waals surface area contributed by atoms with Gasteiger partial charge in [0.1, 0.15) is 13.2 Å². The first-order valence-corrected chi connectivity index (χ1v) is 10.8. The predicted octanol–water partition coefficient (Wildman–Crippen LogP) is 0.406. The molecule has 0 aromatic rings. The van der Waals surface area contributed by atoms with E-state index in [1.807, 2.05) is 0 Å². The van der Waals surface area contributed by atoms with Crippen molar-refractivity contribution in [2.24, 2.45) is 0 Å². The summed E-state index contributed by atoms with van der Waals surface area (Å²) < 4.78 is 36.1. The fourth-order valence-electron chi connectivity index (χ4n) is 2.24. The maximum atomic E-state index is 11.4. The highest BCUT2D eigenvalue weighted by Crippen LogP contribution is 2.12. The standard InChI is InChI=1S/C21H33NO12/c1-17(2)20(25)32-15-13-30-11-9-28-7-5-27-6-8-29-10-12-31-14-16-33-21(26)34-22-18(23)3-4-19(22)24/h1,3-16H2,2H3. The third-order valence-electron chi connectivity index (χ3n) is 3.92. The van der Waals surface area contributed by atoms with E-state index in [0.717, 1.165) is 0 Å². The zero-order chi connectivity index (χ0) is 25.0. The van der Waals surface area contributed by atoms with Gasteiger partial charge in [0.15, 0.2) is 0 Å². The van der Waals surface area contributed by atoms with E-state index in [2.05, 4.69) is 11.4 Å². The molecule has 2 amide bonds. The Morgan fingerprint density at radius 1 is 0.676 bits per heavy atom. The molecule has 0 bridgehead atoms. The summed E-state index contributed by atoms with van der Waals surface area (Å²) in [5.74, 6) is -1.58. The minimum atomic E-state index is -1.14. The van der Waals surface area contributed by atoms with E-state index in [-0.39, 0.29) is 39.3 Å². The second-order valence-electron chi connectivity index (χ2n) is 6.75. The molecule has 1 rings (SSSR count). The summed E-state index contributed by atoms with van der Waals surface area (Å²) in [5, 5.41) is 0.412. The normalized spacial score (nSPS) is 13.3. The number of hydrogen-bond acceptors (Lipinski definition) is 12. The van der Waals surface area contributed by atoms with Crippen LogP contribution in [0.25, 0.3) is 0 Å². The highest BCUT2D eigenvalue weighted by molar-refractivity contribution is 6.01. The van der Waals surface area contributed by atoms with Crippen LogP contribution in [-0.2, 0) is 52.4 Å². The zero-order valence-corrected chi connectivity index (χ0v) is 19.5. The van der Waals surface area contributed by atoms with Crippen molar-refractivity contribution < 1.29 is 57.2 Å². The van der Waals surface area contributed by atoms with Gasteiger partial charge in [0.2, 0.25) is 0 Å². The first kappa shape index (κ1) is 29.5. The van der Waals surface area contributed by atoms with Gasteiger partial charge in [-0.25, -0.2) is 9.59 Å². The fourth-order valence-corrected chi connectivity index (χ4v) is 2.24. The lowest BCUT2D eigenvalue weighted by Crippen LogP contribution is -2.32. The second kappa shape index (κ2) is 18.8. The summed E-state index contributed by atoms with van der Waals surface area (Å²) in [6, 6.07) is 0. The van der Waals surface area contributed by atoms with Crippen LogP contribution in [0.2, 0.25) is 0 Å². The van der Waals surface area contributed by atoms with Crippen LogP contribution in [0.3, 0.4) is 0 Å². The van der Waals surface area contributed by atoms with Crippen LogP contribution in [0.15, 0.2) is 12.2 Å². The number of hydroxylamine groups is 2. The summed E-state index contributed by atoms with van der Waals surface area (Å²) in [5.41, 5.74) is 0.350. The Labute approximate surface area is 198 Å². The van der Waals surface area contributed by atoms with Crippen molar-refractivity contribution >= 4 is 23.9 Å². The summed E-state index contributed by atoms with van der Waals surface area (Å²) >= 11 is 0. The maximum Gasteiger partial charge on any atom is 0.534 e. The number of nitrogens with zero attached hydrogens (tertiary/aromatic N) is 1. The molecule has 0 aromatic carbocycles. The van der Waals surface area contributed by atoms with E-state index in [0.29, 0.717) is 63.5 Å². The van der Waals surface area contributed by atoms with Crippen molar-refractivity contribution in [3.05, 3.63) is 12.2 Å². The molecule has 0 unspecified atom stereocenters. The highest BCUT2D eigenvalue weighted by Gasteiger charge is 2.33. The van der Waals surface area contributed by atoms with Gasteiger partial charge < -0.3 is 33.2 Å². The molecule has 0 aromatic heterocycles. The van der Waals surface area contributed by atoms with Crippen molar-refractivity contribution in [1.29, 1.82) is 0 Å². The first-order valence-electron chi connectivity index (χ1n) is 10.8. The lowest BCUT2D eigenvalue weighted by Gasteiger charge is -2.12. The first-order chi connectivity index (χ1) is 16.4. The lowest BCUT2D eigenvalue weighted by atomic mass is 10.4. The molecule has 0 N–H and O–H groups in total. The van der Waals surface area contributed by atoms with Gasteiger partial charge in [0.05, 0.1) is 66.1 Å². The Bertz CT molecular complexity index is 638. The van der Waals surface area contributed by atoms with Gasteiger partial charge in [-0.3, -0.25) is 14.4 Å². The van der Waals surface area contributed by atoms with Gasteiger partial charge in [0, 0.05) is 18.4 Å². The molecule has 1 fully saturated rings. The molecule has 1 aliphatic rings. The fraction of sp³-hybridized carbons (Fsp3) is 0.714. The SMILES string of the molecule is C=C(C)C(=O)OCCOCCOCCOCCOCCOCCOC(=O)ON1C(=O)CCC1=O. The molecule has 34 heavy (non-hydrogen) atoms. The molecular weight excluding hydrogens is 458 g/mol. The van der Waals surface area contributed by atoms with Crippen molar-refractivity contribution in [2.45, 2.75) is 19.8 Å². The molecule has 0 spiro atoms. The average Bonchev–Trinajstić information content (AvgIpc) is 3.12. The average molecular weight is 491 g/mol. The van der Waals surface area contributed by atoms with E-state index >= 15 is 0 Å². The minimum absolute atomic E-state index is 0.0164. The van der Waals surface area contributed by atoms with Crippen LogP contribution in [0.1, 0.15) is 19.8 Å². The molecule has 0 radical (unpaired) electrons. The van der Waals surface area contributed by atoms with Crippen LogP contribution in [0.5, 0.6) is 0 Å². The molecular formula is C21H33NO12. The molecule has 0 atom stereocenters. The Balaban J connectivity index is 1.75. The smallest absolute Gasteiger partial charge is 0.460 e. The third-order valence-corrected chi connectivity index (χ3v) is 3.92. The quantitative estimate of drug-likeness (QED) is 0.101. The largest absolute Gasteiger partial charge is 0.534 e. The molecule has 1 heterocycles. The minimum Gasteiger partial charge on any atom is -0.460 e. The highest BCUT2D eigenvalue weighted by atomic mass is 16.8. The molecule has 0 saturated carbocycles. The van der Waals surface area contributed by atoms with Gasteiger partial charge in [-0.05, 0) is 6.92 Å². The van der Waals surface area contributed by atoms with Crippen LogP contribution in [0.4, 0.5) is 4.79 Å². The number of carbonyl (C=O) groups excluding carboxylic acids is 4.